The third kappa shape index (κ3) is 2.83. The van der Waals surface area contributed by atoms with Gasteiger partial charge in [0.2, 0.25) is 5.56 Å². The van der Waals surface area contributed by atoms with E-state index >= 15 is 0 Å². The van der Waals surface area contributed by atoms with Crippen LogP contribution < -0.4 is 10.9 Å². The molecule has 0 saturated carbocycles. The molecule has 0 bridgehead atoms. The summed E-state index contributed by atoms with van der Waals surface area (Å²) in [6, 6.07) is 9.86. The summed E-state index contributed by atoms with van der Waals surface area (Å²) >= 11 is 7.06. The average molecular weight is 398 g/mol. The molecule has 0 saturated heterocycles. The summed E-state index contributed by atoms with van der Waals surface area (Å²) in [6.07, 6.45) is 3.09. The molecule has 1 aliphatic carbocycles. The number of hydrogen-bond acceptors (Lipinski definition) is 2. The van der Waals surface area contributed by atoms with Gasteiger partial charge in [0.15, 0.2) is 0 Å². The molecule has 1 atom stereocenters. The summed E-state index contributed by atoms with van der Waals surface area (Å²) in [4.78, 5) is 14.4. The van der Waals surface area contributed by atoms with Gasteiger partial charge in [-0.2, -0.15) is 0 Å². The largest absolute Gasteiger partial charge is 0.377 e. The highest BCUT2D eigenvalue weighted by Crippen LogP contribution is 2.34. The Labute approximate surface area is 134 Å². The Hall–Kier alpha value is -1.07. The van der Waals surface area contributed by atoms with Crippen molar-refractivity contribution in [1.82, 2.24) is 4.98 Å². The minimum atomic E-state index is -0.0203. The van der Waals surface area contributed by atoms with Gasteiger partial charge in [-0.05, 0) is 65.0 Å². The van der Waals surface area contributed by atoms with Crippen LogP contribution in [0.3, 0.4) is 0 Å². The fourth-order valence-corrected chi connectivity index (χ4v) is 3.37. The molecule has 20 heavy (non-hydrogen) atoms. The van der Waals surface area contributed by atoms with E-state index in [9.17, 15) is 4.79 Å². The van der Waals surface area contributed by atoms with Crippen molar-refractivity contribution < 1.29 is 0 Å². The Morgan fingerprint density at radius 3 is 2.90 bits per heavy atom. The number of aromatic nitrogens is 1. The highest BCUT2D eigenvalue weighted by molar-refractivity contribution is 9.11. The topological polar surface area (TPSA) is 44.9 Å². The molecule has 5 heteroatoms. The van der Waals surface area contributed by atoms with Gasteiger partial charge in [0.1, 0.15) is 0 Å². The van der Waals surface area contributed by atoms with E-state index in [-0.39, 0.29) is 11.6 Å². The maximum atomic E-state index is 11.4. The molecule has 1 aromatic heterocycles. The molecule has 0 spiro atoms. The van der Waals surface area contributed by atoms with Crippen LogP contribution in [0.25, 0.3) is 0 Å². The van der Waals surface area contributed by atoms with Crippen LogP contribution in [0.1, 0.15) is 30.1 Å². The number of nitrogens with one attached hydrogen (secondary N) is 2. The van der Waals surface area contributed by atoms with Crippen molar-refractivity contribution in [2.45, 2.75) is 25.3 Å². The molecule has 104 valence electrons. The Balaban J connectivity index is 1.93. The lowest BCUT2D eigenvalue weighted by atomic mass is 9.91. The van der Waals surface area contributed by atoms with Crippen LogP contribution in [0.2, 0.25) is 0 Å². The fraction of sp³-hybridized carbons (Fsp3) is 0.267. The van der Waals surface area contributed by atoms with Crippen LogP contribution in [0.15, 0.2) is 44.1 Å². The number of anilines is 1. The van der Waals surface area contributed by atoms with E-state index in [0.717, 1.165) is 39.6 Å². The second-order valence-electron chi connectivity index (χ2n) is 4.97. The SMILES string of the molecule is O=c1ccc2c([nH]1)CCCC2Nc1cc(Br)ccc1Br. The van der Waals surface area contributed by atoms with Crippen LogP contribution >= 0.6 is 31.9 Å². The Morgan fingerprint density at radius 1 is 1.20 bits per heavy atom. The minimum Gasteiger partial charge on any atom is -0.377 e. The molecule has 3 rings (SSSR count). The maximum absolute atomic E-state index is 11.4. The predicted molar refractivity (Wildman–Crippen MR) is 88.2 cm³/mol. The van der Waals surface area contributed by atoms with E-state index in [1.54, 1.807) is 6.07 Å². The van der Waals surface area contributed by atoms with Crippen LogP contribution in [-0.4, -0.2) is 4.98 Å². The summed E-state index contributed by atoms with van der Waals surface area (Å²) in [5.41, 5.74) is 3.30. The molecule has 0 fully saturated rings. The van der Waals surface area contributed by atoms with E-state index < -0.39 is 0 Å². The van der Waals surface area contributed by atoms with E-state index in [1.807, 2.05) is 18.2 Å². The smallest absolute Gasteiger partial charge is 0.248 e. The van der Waals surface area contributed by atoms with Gasteiger partial charge >= 0.3 is 0 Å². The highest BCUT2D eigenvalue weighted by atomic mass is 79.9. The van der Waals surface area contributed by atoms with Gasteiger partial charge in [-0.3, -0.25) is 4.79 Å². The van der Waals surface area contributed by atoms with Gasteiger partial charge < -0.3 is 10.3 Å². The van der Waals surface area contributed by atoms with E-state index in [1.165, 1.54) is 5.56 Å². The molecular weight excluding hydrogens is 384 g/mol. The molecule has 1 heterocycles. The summed E-state index contributed by atoms with van der Waals surface area (Å²) in [5, 5.41) is 3.57. The molecule has 0 amide bonds. The molecule has 2 aromatic rings. The van der Waals surface area contributed by atoms with Crippen molar-refractivity contribution in [1.29, 1.82) is 0 Å². The van der Waals surface area contributed by atoms with E-state index in [4.69, 9.17) is 0 Å². The first-order valence-electron chi connectivity index (χ1n) is 6.57. The minimum absolute atomic E-state index is 0.0203. The number of H-pyrrole nitrogens is 1. The van der Waals surface area contributed by atoms with Gasteiger partial charge in [-0.25, -0.2) is 0 Å². The number of pyridine rings is 1. The van der Waals surface area contributed by atoms with E-state index in [2.05, 4.69) is 48.2 Å². The molecule has 1 aliphatic rings. The maximum Gasteiger partial charge on any atom is 0.248 e. The Bertz CT molecular complexity index is 697. The number of aromatic amines is 1. The van der Waals surface area contributed by atoms with Crippen LogP contribution in [-0.2, 0) is 6.42 Å². The lowest BCUT2D eigenvalue weighted by molar-refractivity contribution is 0.586. The normalized spacial score (nSPS) is 17.6. The number of fused-ring (bicyclic) bond motifs is 1. The van der Waals surface area contributed by atoms with Gasteiger partial charge in [-0.1, -0.05) is 15.9 Å². The molecule has 1 unspecified atom stereocenters. The van der Waals surface area contributed by atoms with Crippen molar-refractivity contribution in [2.75, 3.05) is 5.32 Å². The van der Waals surface area contributed by atoms with Crippen molar-refractivity contribution >= 4 is 37.5 Å². The summed E-state index contributed by atoms with van der Waals surface area (Å²) in [6.45, 7) is 0. The zero-order chi connectivity index (χ0) is 14.1. The average Bonchev–Trinajstić information content (AvgIpc) is 2.43. The first kappa shape index (κ1) is 13.9. The van der Waals surface area contributed by atoms with E-state index in [0.29, 0.717) is 0 Å². The van der Waals surface area contributed by atoms with Crippen LogP contribution in [0.4, 0.5) is 5.69 Å². The van der Waals surface area contributed by atoms with Gasteiger partial charge in [0.25, 0.3) is 0 Å². The number of aryl methyl sites for hydroxylation is 1. The highest BCUT2D eigenvalue weighted by Gasteiger charge is 2.21. The van der Waals surface area contributed by atoms with Gasteiger partial charge in [0.05, 0.1) is 11.7 Å². The molecule has 2 N–H and O–H groups in total. The van der Waals surface area contributed by atoms with Gasteiger partial charge in [-0.15, -0.1) is 0 Å². The second-order valence-corrected chi connectivity index (χ2v) is 6.74. The van der Waals surface area contributed by atoms with Gasteiger partial charge in [0, 0.05) is 20.7 Å². The Kier molecular flexibility index (Phi) is 3.98. The standard InChI is InChI=1S/C15H14Br2N2O/c16-9-4-6-11(17)14(8-9)18-12-2-1-3-13-10(12)5-7-15(20)19-13/h4-8,12,18H,1-3H2,(H,19,20). The second kappa shape index (κ2) is 5.74. The molecule has 1 aromatic carbocycles. The molecule has 0 aliphatic heterocycles. The number of halogens is 2. The summed E-state index contributed by atoms with van der Waals surface area (Å²) < 4.78 is 2.08. The van der Waals surface area contributed by atoms with Crippen molar-refractivity contribution in [3.8, 4) is 0 Å². The quantitative estimate of drug-likeness (QED) is 0.789. The molecular formula is C15H14Br2N2O. The number of hydrogen-bond donors (Lipinski definition) is 2. The predicted octanol–water partition coefficient (Wildman–Crippen LogP) is 4.39. The number of rotatable bonds is 2. The van der Waals surface area contributed by atoms with Crippen LogP contribution in [0, 0.1) is 0 Å². The lowest BCUT2D eigenvalue weighted by Gasteiger charge is -2.27. The lowest BCUT2D eigenvalue weighted by Crippen LogP contribution is -2.21. The van der Waals surface area contributed by atoms with Crippen molar-refractivity contribution in [3.05, 3.63) is 60.9 Å². The first-order chi connectivity index (χ1) is 9.63. The third-order valence-corrected chi connectivity index (χ3v) is 4.77. The molecule has 3 nitrogen and oxygen atoms in total. The Morgan fingerprint density at radius 2 is 2.05 bits per heavy atom. The first-order valence-corrected chi connectivity index (χ1v) is 8.16. The summed E-state index contributed by atoms with van der Waals surface area (Å²) in [7, 11) is 0. The summed E-state index contributed by atoms with van der Waals surface area (Å²) in [5.74, 6) is 0. The molecule has 0 radical (unpaired) electrons. The fourth-order valence-electron chi connectivity index (χ4n) is 2.65. The zero-order valence-electron chi connectivity index (χ0n) is 10.7. The zero-order valence-corrected chi connectivity index (χ0v) is 13.9. The van der Waals surface area contributed by atoms with Crippen molar-refractivity contribution in [3.63, 3.8) is 0 Å². The number of benzene rings is 1. The van der Waals surface area contributed by atoms with Crippen LogP contribution in [0.5, 0.6) is 0 Å². The van der Waals surface area contributed by atoms with Crippen molar-refractivity contribution in [2.24, 2.45) is 0 Å². The monoisotopic (exact) mass is 396 g/mol. The third-order valence-electron chi connectivity index (χ3n) is 3.59.